The summed E-state index contributed by atoms with van der Waals surface area (Å²) in [5.74, 6) is 0. The smallest absolute Gasteiger partial charge is 0.249 e. The van der Waals surface area contributed by atoms with Crippen LogP contribution in [0.3, 0.4) is 0 Å². The monoisotopic (exact) mass is 174 g/mol. The molecule has 0 amide bonds. The molecule has 0 N–H and O–H groups in total. The van der Waals surface area contributed by atoms with Crippen molar-refractivity contribution in [1.29, 1.82) is 0 Å². The van der Waals surface area contributed by atoms with E-state index in [4.69, 9.17) is 4.79 Å². The fraction of sp³-hybridized carbons (Fsp3) is 0. The lowest BCUT2D eigenvalue weighted by molar-refractivity contribution is 0.248. The highest BCUT2D eigenvalue weighted by Gasteiger charge is 1.73. The highest BCUT2D eigenvalue weighted by Crippen LogP contribution is 1.84. The zero-order chi connectivity index (χ0) is 3.58. The van der Waals surface area contributed by atoms with Crippen molar-refractivity contribution in [3.8, 4) is 0 Å². The first kappa shape index (κ1) is 4.33. The fourth-order valence-corrected chi connectivity index (χ4v) is 0. The van der Waals surface area contributed by atoms with Crippen LogP contribution in [-0.2, 0) is 0 Å². The van der Waals surface area contributed by atoms with E-state index in [2.05, 4.69) is 0 Å². The molecular formula is CFIO. The second kappa shape index (κ2) is 1.63. The first-order valence-electron chi connectivity index (χ1n) is 0.582. The molecule has 0 aromatic heterocycles. The Hall–Kier alpha value is 0.330. The van der Waals surface area contributed by atoms with Crippen molar-refractivity contribution in [3.63, 3.8) is 0 Å². The molecule has 0 aliphatic heterocycles. The molecule has 0 atom stereocenters. The predicted molar refractivity (Wildman–Crippen MR) is 20.5 cm³/mol. The Balaban J connectivity index is 2.80. The van der Waals surface area contributed by atoms with E-state index in [1.54, 1.807) is 0 Å². The van der Waals surface area contributed by atoms with Crippen molar-refractivity contribution in [2.24, 2.45) is 0 Å². The number of carbonyl (C=O) groups excluding carboxylic acids is 1. The van der Waals surface area contributed by atoms with Crippen LogP contribution in [0.15, 0.2) is 0 Å². The van der Waals surface area contributed by atoms with Crippen molar-refractivity contribution in [1.82, 2.24) is 0 Å². The minimum absolute atomic E-state index is 1.04. The summed E-state index contributed by atoms with van der Waals surface area (Å²) < 4.78 is 8.98. The zero-order valence-corrected chi connectivity index (χ0v) is 3.82. The van der Waals surface area contributed by atoms with E-state index in [1.165, 1.54) is 0 Å². The lowest BCUT2D eigenvalue weighted by atomic mass is 11.7. The Bertz CT molecular complexity index is 31.0. The summed E-state index contributed by atoms with van der Waals surface area (Å²) in [6, 6.07) is 0. The number of halogens is 2. The summed E-state index contributed by atoms with van der Waals surface area (Å²) in [7, 11) is 0. The third-order valence-electron chi connectivity index (χ3n) is 0. The number of carbonyl (C=O) groups is 1. The van der Waals surface area contributed by atoms with E-state index < -0.39 is 4.04 Å². The maximum atomic E-state index is 10.3. The van der Waals surface area contributed by atoms with Gasteiger partial charge < -0.3 is 0 Å². The van der Waals surface area contributed by atoms with E-state index >= 15 is 0 Å². The first-order valence-corrected chi connectivity index (χ1v) is 1.66. The van der Waals surface area contributed by atoms with Gasteiger partial charge in [0.1, 0.15) is 0 Å². The number of hydrogen-bond donors (Lipinski definition) is 0. The minimum Gasteiger partial charge on any atom is -0.249 e. The molecule has 0 saturated heterocycles. The molecule has 0 aromatic carbocycles. The van der Waals surface area contributed by atoms with Gasteiger partial charge in [-0.15, -0.1) is 0 Å². The molecule has 0 aromatic rings. The van der Waals surface area contributed by atoms with Crippen LogP contribution in [0.2, 0.25) is 0 Å². The summed E-state index contributed by atoms with van der Waals surface area (Å²) in [6.45, 7) is 0. The molecular weight excluding hydrogens is 174 g/mol. The summed E-state index contributed by atoms with van der Waals surface area (Å²) in [4.78, 5) is 8.76. The van der Waals surface area contributed by atoms with Crippen LogP contribution < -0.4 is 0 Å². The van der Waals surface area contributed by atoms with Gasteiger partial charge in [-0.3, -0.25) is 0 Å². The molecule has 24 valence electrons. The van der Waals surface area contributed by atoms with Gasteiger partial charge in [-0.25, -0.2) is 4.79 Å². The van der Waals surface area contributed by atoms with Crippen LogP contribution in [0, 0.1) is 0 Å². The molecule has 0 heterocycles. The zero-order valence-electron chi connectivity index (χ0n) is 1.66. The van der Waals surface area contributed by atoms with Crippen molar-refractivity contribution >= 4 is 26.6 Å². The summed E-state index contributed by atoms with van der Waals surface area (Å²) >= 11 is 1.04. The minimum atomic E-state index is -1.36. The van der Waals surface area contributed by atoms with Gasteiger partial charge in [-0.2, -0.15) is 4.39 Å². The van der Waals surface area contributed by atoms with Gasteiger partial charge in [0.25, 0.3) is 0 Å². The molecule has 0 unspecified atom stereocenters. The molecule has 1 nitrogen and oxygen atoms in total. The van der Waals surface area contributed by atoms with Gasteiger partial charge in [0, 0.05) is 22.6 Å². The molecule has 3 heteroatoms. The van der Waals surface area contributed by atoms with Crippen molar-refractivity contribution in [3.05, 3.63) is 0 Å². The third-order valence-corrected chi connectivity index (χ3v) is 0. The van der Waals surface area contributed by atoms with Crippen molar-refractivity contribution < 1.29 is 9.18 Å². The Morgan fingerprint density at radius 2 is 2.00 bits per heavy atom. The second-order valence-corrected chi connectivity index (χ2v) is 1.07. The Morgan fingerprint density at radius 1 is 2.00 bits per heavy atom. The van der Waals surface area contributed by atoms with Gasteiger partial charge in [-0.05, 0) is 0 Å². The first-order chi connectivity index (χ1) is 1.73. The predicted octanol–water partition coefficient (Wildman–Crippen LogP) is 1.51. The SMILES string of the molecule is O=C(F)I. The molecule has 0 rings (SSSR count). The molecule has 0 aliphatic rings. The topological polar surface area (TPSA) is 17.1 Å². The van der Waals surface area contributed by atoms with Crippen LogP contribution in [0.5, 0.6) is 0 Å². The van der Waals surface area contributed by atoms with E-state index in [-0.39, 0.29) is 0 Å². The van der Waals surface area contributed by atoms with Gasteiger partial charge in [0.15, 0.2) is 0 Å². The molecule has 4 heavy (non-hydrogen) atoms. The van der Waals surface area contributed by atoms with E-state index in [1.807, 2.05) is 0 Å². The van der Waals surface area contributed by atoms with Crippen LogP contribution in [0.4, 0.5) is 9.18 Å². The van der Waals surface area contributed by atoms with Crippen molar-refractivity contribution in [2.75, 3.05) is 0 Å². The fourth-order valence-electron chi connectivity index (χ4n) is 0. The summed E-state index contributed by atoms with van der Waals surface area (Å²) in [5, 5.41) is 0. The van der Waals surface area contributed by atoms with Crippen LogP contribution >= 0.6 is 22.6 Å². The van der Waals surface area contributed by atoms with E-state index in [9.17, 15) is 4.39 Å². The molecule has 0 radical (unpaired) electrons. The molecule has 0 aliphatic carbocycles. The van der Waals surface area contributed by atoms with Gasteiger partial charge in [0.05, 0.1) is 0 Å². The van der Waals surface area contributed by atoms with Gasteiger partial charge >= 0.3 is 4.04 Å². The largest absolute Gasteiger partial charge is 0.359 e. The molecule has 0 fully saturated rings. The lowest BCUT2D eigenvalue weighted by Crippen LogP contribution is -1.48. The number of hydrogen-bond acceptors (Lipinski definition) is 1. The van der Waals surface area contributed by atoms with Crippen LogP contribution in [0.1, 0.15) is 0 Å². The average molecular weight is 174 g/mol. The van der Waals surface area contributed by atoms with Gasteiger partial charge in [0.2, 0.25) is 0 Å². The number of rotatable bonds is 0. The Morgan fingerprint density at radius 3 is 2.00 bits per heavy atom. The van der Waals surface area contributed by atoms with Crippen LogP contribution in [0.25, 0.3) is 0 Å². The quantitative estimate of drug-likeness (QED) is 0.401. The van der Waals surface area contributed by atoms with E-state index in [0.717, 1.165) is 22.6 Å². The highest BCUT2D eigenvalue weighted by molar-refractivity contribution is 14.1. The Kier molecular flexibility index (Phi) is 1.76. The second-order valence-electron chi connectivity index (χ2n) is 0.226. The molecule has 0 spiro atoms. The maximum absolute atomic E-state index is 10.3. The highest BCUT2D eigenvalue weighted by atomic mass is 127. The summed E-state index contributed by atoms with van der Waals surface area (Å²) in [5.41, 5.74) is 0. The molecule has 0 saturated carbocycles. The lowest BCUT2D eigenvalue weighted by Gasteiger charge is -1.47. The standard InChI is InChI=1S/CFIO/c2-1(3)4. The third kappa shape index (κ3) is 37.8. The van der Waals surface area contributed by atoms with Crippen LogP contribution in [-0.4, -0.2) is 4.04 Å². The maximum Gasteiger partial charge on any atom is 0.359 e. The Labute approximate surface area is 36.3 Å². The van der Waals surface area contributed by atoms with E-state index in [0.29, 0.717) is 0 Å². The normalized spacial score (nSPS) is 6.50. The summed E-state index contributed by atoms with van der Waals surface area (Å²) in [6.07, 6.45) is 0. The van der Waals surface area contributed by atoms with Crippen molar-refractivity contribution in [2.45, 2.75) is 0 Å². The van der Waals surface area contributed by atoms with Gasteiger partial charge in [-0.1, -0.05) is 0 Å². The average Bonchev–Trinajstić information content (AvgIpc) is 0.811. The molecule has 0 bridgehead atoms.